The van der Waals surface area contributed by atoms with Gasteiger partial charge in [0.2, 0.25) is 0 Å². The Hall–Kier alpha value is 0.567. The van der Waals surface area contributed by atoms with Crippen molar-refractivity contribution in [2.45, 2.75) is 83.5 Å². The Bertz CT molecular complexity index is 140. The predicted molar refractivity (Wildman–Crippen MR) is 83.6 cm³/mol. The number of unbranched alkanes of at least 4 members (excludes halogenated alkanes) is 8. The molecule has 0 N–H and O–H groups in total. The van der Waals surface area contributed by atoms with Gasteiger partial charge in [0.15, 0.2) is 0 Å². The van der Waals surface area contributed by atoms with E-state index >= 15 is 0 Å². The van der Waals surface area contributed by atoms with Crippen LogP contribution >= 0.6 is 12.6 Å². The number of rotatable bonds is 11. The van der Waals surface area contributed by atoms with Crippen LogP contribution in [-0.2, 0) is 0 Å². The molecule has 0 atom stereocenters. The minimum atomic E-state index is -0.755. The maximum absolute atomic E-state index is 4.23. The van der Waals surface area contributed by atoms with Gasteiger partial charge in [0.25, 0.3) is 0 Å². The highest BCUT2D eigenvalue weighted by atomic mass is 32.1. The number of thiol groups is 1. The molecule has 0 radical (unpaired) electrons. The first kappa shape index (κ1) is 16.6. The normalized spacial score (nSPS) is 12.0. The van der Waals surface area contributed by atoms with Crippen molar-refractivity contribution in [3.8, 4) is 0 Å². The van der Waals surface area contributed by atoms with E-state index in [-0.39, 0.29) is 0 Å². The molecule has 0 spiro atoms. The van der Waals surface area contributed by atoms with Gasteiger partial charge in [-0.15, -0.1) is 0 Å². The van der Waals surface area contributed by atoms with Gasteiger partial charge in [0.05, 0.1) is 0 Å². The molecule has 0 heterocycles. The standard InChI is InChI=1S/C14H32SSi/c1-16(2,3)14-12-10-8-6-4-5-7-9-11-13-15/h15H,4-14H2,1-3H3. The second kappa shape index (κ2) is 10.7. The lowest BCUT2D eigenvalue weighted by Gasteiger charge is -2.14. The average molecular weight is 261 g/mol. The molecule has 0 aliphatic rings. The molecule has 0 unspecified atom stereocenters. The van der Waals surface area contributed by atoms with Crippen molar-refractivity contribution >= 4 is 20.7 Å². The van der Waals surface area contributed by atoms with Crippen molar-refractivity contribution in [2.24, 2.45) is 0 Å². The lowest BCUT2D eigenvalue weighted by atomic mass is 10.1. The summed E-state index contributed by atoms with van der Waals surface area (Å²) in [5, 5.41) is 0. The fourth-order valence-corrected chi connectivity index (χ4v) is 3.54. The van der Waals surface area contributed by atoms with E-state index < -0.39 is 8.07 Å². The highest BCUT2D eigenvalue weighted by Crippen LogP contribution is 2.16. The van der Waals surface area contributed by atoms with Crippen molar-refractivity contribution in [3.63, 3.8) is 0 Å². The van der Waals surface area contributed by atoms with Crippen LogP contribution in [0.2, 0.25) is 25.7 Å². The summed E-state index contributed by atoms with van der Waals surface area (Å²) in [4.78, 5) is 0. The van der Waals surface area contributed by atoms with E-state index in [9.17, 15) is 0 Å². The molecule has 0 aliphatic heterocycles. The molecule has 0 amide bonds. The third kappa shape index (κ3) is 14.6. The van der Waals surface area contributed by atoms with Gasteiger partial charge in [-0.1, -0.05) is 77.1 Å². The second-order valence-electron chi connectivity index (χ2n) is 6.22. The highest BCUT2D eigenvalue weighted by Gasteiger charge is 2.11. The first-order chi connectivity index (χ1) is 7.56. The summed E-state index contributed by atoms with van der Waals surface area (Å²) in [5.74, 6) is 1.07. The summed E-state index contributed by atoms with van der Waals surface area (Å²) in [6.07, 6.45) is 12.9. The maximum Gasteiger partial charge on any atom is 0.0442 e. The second-order valence-corrected chi connectivity index (χ2v) is 12.3. The van der Waals surface area contributed by atoms with Crippen molar-refractivity contribution < 1.29 is 0 Å². The van der Waals surface area contributed by atoms with Crippen LogP contribution in [0.15, 0.2) is 0 Å². The Kier molecular flexibility index (Phi) is 11.1. The van der Waals surface area contributed by atoms with E-state index in [2.05, 4.69) is 32.3 Å². The zero-order chi connectivity index (χ0) is 12.3. The van der Waals surface area contributed by atoms with Crippen LogP contribution in [-0.4, -0.2) is 13.8 Å². The molecular formula is C14H32SSi. The number of hydrogen-bond donors (Lipinski definition) is 1. The van der Waals surface area contributed by atoms with Crippen LogP contribution in [0.5, 0.6) is 0 Å². The van der Waals surface area contributed by atoms with Gasteiger partial charge in [0.1, 0.15) is 0 Å². The molecule has 0 bridgehead atoms. The molecule has 0 aromatic rings. The zero-order valence-electron chi connectivity index (χ0n) is 11.7. The summed E-state index contributed by atoms with van der Waals surface area (Å²) in [6.45, 7) is 7.44. The SMILES string of the molecule is C[Si](C)(C)CCCCCCCCCCCS. The van der Waals surface area contributed by atoms with Crippen LogP contribution in [0.25, 0.3) is 0 Å². The Morgan fingerprint density at radius 1 is 0.625 bits per heavy atom. The first-order valence-corrected chi connectivity index (χ1v) is 11.5. The molecule has 0 saturated heterocycles. The molecule has 2 heteroatoms. The summed E-state index contributed by atoms with van der Waals surface area (Å²) < 4.78 is 0. The largest absolute Gasteiger partial charge is 0.179 e. The lowest BCUT2D eigenvalue weighted by molar-refractivity contribution is 0.572. The van der Waals surface area contributed by atoms with Gasteiger partial charge in [-0.2, -0.15) is 12.6 Å². The van der Waals surface area contributed by atoms with Crippen molar-refractivity contribution in [3.05, 3.63) is 0 Å². The Labute approximate surface area is 110 Å². The van der Waals surface area contributed by atoms with Gasteiger partial charge in [-0.05, 0) is 12.2 Å². The van der Waals surface area contributed by atoms with E-state index in [1.165, 1.54) is 63.8 Å². The van der Waals surface area contributed by atoms with Gasteiger partial charge < -0.3 is 0 Å². The summed E-state index contributed by atoms with van der Waals surface area (Å²) in [5.41, 5.74) is 0. The summed E-state index contributed by atoms with van der Waals surface area (Å²) in [7, 11) is -0.755. The van der Waals surface area contributed by atoms with Crippen LogP contribution in [0.3, 0.4) is 0 Å². The van der Waals surface area contributed by atoms with E-state index in [0.29, 0.717) is 0 Å². The molecule has 0 aromatic heterocycles. The van der Waals surface area contributed by atoms with Crippen LogP contribution in [0.1, 0.15) is 57.8 Å². The smallest absolute Gasteiger partial charge is 0.0442 e. The summed E-state index contributed by atoms with van der Waals surface area (Å²) >= 11 is 4.23. The lowest BCUT2D eigenvalue weighted by Crippen LogP contribution is -2.18. The van der Waals surface area contributed by atoms with Crippen molar-refractivity contribution in [2.75, 3.05) is 5.75 Å². The number of hydrogen-bond acceptors (Lipinski definition) is 1. The van der Waals surface area contributed by atoms with Crippen LogP contribution < -0.4 is 0 Å². The Morgan fingerprint density at radius 2 is 1.00 bits per heavy atom. The Balaban J connectivity index is 2.99. The first-order valence-electron chi connectivity index (χ1n) is 7.17. The molecular weight excluding hydrogens is 228 g/mol. The van der Waals surface area contributed by atoms with Gasteiger partial charge in [0, 0.05) is 8.07 Å². The molecule has 0 saturated carbocycles. The van der Waals surface area contributed by atoms with E-state index in [4.69, 9.17) is 0 Å². The van der Waals surface area contributed by atoms with E-state index in [0.717, 1.165) is 5.75 Å². The fraction of sp³-hybridized carbons (Fsp3) is 1.00. The molecule has 0 nitrogen and oxygen atoms in total. The topological polar surface area (TPSA) is 0 Å². The third-order valence-corrected chi connectivity index (χ3v) is 5.25. The molecule has 0 aromatic carbocycles. The van der Waals surface area contributed by atoms with Gasteiger partial charge in [-0.3, -0.25) is 0 Å². The zero-order valence-corrected chi connectivity index (χ0v) is 13.6. The van der Waals surface area contributed by atoms with Gasteiger partial charge >= 0.3 is 0 Å². The van der Waals surface area contributed by atoms with Crippen LogP contribution in [0, 0.1) is 0 Å². The summed E-state index contributed by atoms with van der Waals surface area (Å²) in [6, 6.07) is 1.52. The fourth-order valence-electron chi connectivity index (χ4n) is 2.00. The molecule has 98 valence electrons. The molecule has 16 heavy (non-hydrogen) atoms. The monoisotopic (exact) mass is 260 g/mol. The van der Waals surface area contributed by atoms with Crippen molar-refractivity contribution in [1.82, 2.24) is 0 Å². The average Bonchev–Trinajstić information content (AvgIpc) is 2.19. The molecule has 0 fully saturated rings. The molecule has 0 aliphatic carbocycles. The maximum atomic E-state index is 4.23. The van der Waals surface area contributed by atoms with Gasteiger partial charge in [-0.25, -0.2) is 0 Å². The van der Waals surface area contributed by atoms with Crippen molar-refractivity contribution in [1.29, 1.82) is 0 Å². The Morgan fingerprint density at radius 3 is 1.38 bits per heavy atom. The van der Waals surface area contributed by atoms with Crippen LogP contribution in [0.4, 0.5) is 0 Å². The highest BCUT2D eigenvalue weighted by molar-refractivity contribution is 7.80. The van der Waals surface area contributed by atoms with E-state index in [1.807, 2.05) is 0 Å². The third-order valence-electron chi connectivity index (χ3n) is 3.08. The predicted octanol–water partition coefficient (Wildman–Crippen LogP) is 5.77. The quantitative estimate of drug-likeness (QED) is 0.272. The molecule has 0 rings (SSSR count). The minimum absolute atomic E-state index is 0.755. The minimum Gasteiger partial charge on any atom is -0.179 e. The van der Waals surface area contributed by atoms with E-state index in [1.54, 1.807) is 0 Å².